The Labute approximate surface area is 122 Å². The highest BCUT2D eigenvalue weighted by molar-refractivity contribution is 6.31. The molecule has 0 radical (unpaired) electrons. The third-order valence-corrected chi connectivity index (χ3v) is 2.99. The van der Waals surface area contributed by atoms with Crippen LogP contribution in [-0.4, -0.2) is 29.1 Å². The summed E-state index contributed by atoms with van der Waals surface area (Å²) in [5.74, 6) is -0.800. The van der Waals surface area contributed by atoms with Gasteiger partial charge in [0.2, 0.25) is 0 Å². The van der Waals surface area contributed by atoms with Crippen LogP contribution in [0.1, 0.15) is 25.8 Å². The molecule has 0 atom stereocenters. The van der Waals surface area contributed by atoms with Gasteiger partial charge in [0, 0.05) is 10.6 Å². The fourth-order valence-corrected chi connectivity index (χ4v) is 1.81. The van der Waals surface area contributed by atoms with Gasteiger partial charge in [0.25, 0.3) is 5.91 Å². The van der Waals surface area contributed by atoms with E-state index in [9.17, 15) is 9.59 Å². The van der Waals surface area contributed by atoms with E-state index in [1.165, 1.54) is 0 Å². The topological polar surface area (TPSA) is 75.6 Å². The van der Waals surface area contributed by atoms with E-state index < -0.39 is 11.5 Å². The molecule has 1 amide bonds. The molecule has 1 rings (SSSR count). The van der Waals surface area contributed by atoms with Gasteiger partial charge in [-0.15, -0.1) is 0 Å². The van der Waals surface area contributed by atoms with Gasteiger partial charge in [0.15, 0.2) is 6.61 Å². The van der Waals surface area contributed by atoms with Gasteiger partial charge in [-0.25, -0.2) is 0 Å². The van der Waals surface area contributed by atoms with Crippen molar-refractivity contribution in [1.82, 2.24) is 5.32 Å². The molecule has 1 aromatic rings. The minimum absolute atomic E-state index is 0.154. The second kappa shape index (κ2) is 6.61. The summed E-state index contributed by atoms with van der Waals surface area (Å²) in [5.41, 5.74) is 0.0399. The SMILES string of the molecule is Cc1cc(OCC(=O)NC(C)(C)CC(=O)O)ccc1Cl. The van der Waals surface area contributed by atoms with E-state index in [1.807, 2.05) is 6.92 Å². The summed E-state index contributed by atoms with van der Waals surface area (Å²) in [6.45, 7) is 4.95. The number of ether oxygens (including phenoxy) is 1. The molecule has 0 spiro atoms. The maximum absolute atomic E-state index is 11.7. The third-order valence-electron chi connectivity index (χ3n) is 2.57. The second-order valence-corrected chi connectivity index (χ2v) is 5.61. The van der Waals surface area contributed by atoms with Crippen LogP contribution in [0.2, 0.25) is 5.02 Å². The van der Waals surface area contributed by atoms with Crippen molar-refractivity contribution in [2.75, 3.05) is 6.61 Å². The Morgan fingerprint density at radius 1 is 1.40 bits per heavy atom. The Bertz CT molecular complexity index is 514. The molecule has 0 unspecified atom stereocenters. The van der Waals surface area contributed by atoms with Gasteiger partial charge >= 0.3 is 5.97 Å². The van der Waals surface area contributed by atoms with Crippen LogP contribution in [0.3, 0.4) is 0 Å². The Morgan fingerprint density at radius 2 is 2.05 bits per heavy atom. The van der Waals surface area contributed by atoms with Crippen molar-refractivity contribution in [3.05, 3.63) is 28.8 Å². The maximum Gasteiger partial charge on any atom is 0.305 e. The largest absolute Gasteiger partial charge is 0.484 e. The van der Waals surface area contributed by atoms with Crippen molar-refractivity contribution in [3.8, 4) is 5.75 Å². The fourth-order valence-electron chi connectivity index (χ4n) is 1.69. The van der Waals surface area contributed by atoms with Crippen LogP contribution in [-0.2, 0) is 9.59 Å². The van der Waals surface area contributed by atoms with E-state index in [4.69, 9.17) is 21.4 Å². The molecule has 0 saturated carbocycles. The molecule has 1 aromatic carbocycles. The van der Waals surface area contributed by atoms with Crippen molar-refractivity contribution >= 4 is 23.5 Å². The lowest BCUT2D eigenvalue weighted by molar-refractivity contribution is -0.138. The van der Waals surface area contributed by atoms with Gasteiger partial charge in [-0.3, -0.25) is 9.59 Å². The summed E-state index contributed by atoms with van der Waals surface area (Å²) in [5, 5.41) is 12.0. The number of carbonyl (C=O) groups is 2. The zero-order chi connectivity index (χ0) is 15.3. The number of benzene rings is 1. The van der Waals surface area contributed by atoms with Crippen LogP contribution < -0.4 is 10.1 Å². The first-order valence-electron chi connectivity index (χ1n) is 6.11. The number of carbonyl (C=O) groups excluding carboxylic acids is 1. The van der Waals surface area contributed by atoms with Gasteiger partial charge in [0.05, 0.1) is 6.42 Å². The summed E-state index contributed by atoms with van der Waals surface area (Å²) in [7, 11) is 0. The van der Waals surface area contributed by atoms with E-state index in [0.717, 1.165) is 5.56 Å². The predicted octanol–water partition coefficient (Wildman–Crippen LogP) is 2.40. The van der Waals surface area contributed by atoms with Crippen molar-refractivity contribution in [3.63, 3.8) is 0 Å². The van der Waals surface area contributed by atoms with Crippen molar-refractivity contribution in [2.24, 2.45) is 0 Å². The van der Waals surface area contributed by atoms with E-state index in [2.05, 4.69) is 5.32 Å². The molecule has 0 aliphatic heterocycles. The quantitative estimate of drug-likeness (QED) is 0.846. The molecule has 0 bridgehead atoms. The van der Waals surface area contributed by atoms with Crippen molar-refractivity contribution < 1.29 is 19.4 Å². The highest BCUT2D eigenvalue weighted by Crippen LogP contribution is 2.20. The molecular weight excluding hydrogens is 282 g/mol. The molecule has 0 aliphatic rings. The average Bonchev–Trinajstić information content (AvgIpc) is 2.28. The van der Waals surface area contributed by atoms with Crippen LogP contribution >= 0.6 is 11.6 Å². The minimum atomic E-state index is -0.968. The van der Waals surface area contributed by atoms with Crippen LogP contribution in [0.4, 0.5) is 0 Å². The number of carboxylic acid groups (broad SMARTS) is 1. The van der Waals surface area contributed by atoms with Gasteiger partial charge in [-0.1, -0.05) is 11.6 Å². The molecule has 0 fully saturated rings. The minimum Gasteiger partial charge on any atom is -0.484 e. The molecule has 6 heteroatoms. The van der Waals surface area contributed by atoms with Crippen LogP contribution in [0.15, 0.2) is 18.2 Å². The lowest BCUT2D eigenvalue weighted by Gasteiger charge is -2.24. The molecule has 20 heavy (non-hydrogen) atoms. The molecule has 0 heterocycles. The number of aliphatic carboxylic acids is 1. The summed E-state index contributed by atoms with van der Waals surface area (Å²) < 4.78 is 5.34. The number of amides is 1. The number of halogens is 1. The Balaban J connectivity index is 2.51. The summed E-state index contributed by atoms with van der Waals surface area (Å²) >= 11 is 5.89. The normalized spacial score (nSPS) is 11.0. The van der Waals surface area contributed by atoms with E-state index in [1.54, 1.807) is 32.0 Å². The molecule has 0 aliphatic carbocycles. The zero-order valence-corrected chi connectivity index (χ0v) is 12.5. The highest BCUT2D eigenvalue weighted by Gasteiger charge is 2.23. The Hall–Kier alpha value is -1.75. The van der Waals surface area contributed by atoms with E-state index >= 15 is 0 Å². The number of hydrogen-bond donors (Lipinski definition) is 2. The standard InChI is InChI=1S/C14H18ClNO4/c1-9-6-10(4-5-11(9)15)20-8-12(17)16-14(2,3)7-13(18)19/h4-6H,7-8H2,1-3H3,(H,16,17)(H,18,19). The predicted molar refractivity (Wildman–Crippen MR) is 76.2 cm³/mol. The second-order valence-electron chi connectivity index (χ2n) is 5.20. The number of aryl methyl sites for hydroxylation is 1. The molecule has 110 valence electrons. The monoisotopic (exact) mass is 299 g/mol. The highest BCUT2D eigenvalue weighted by atomic mass is 35.5. The Kier molecular flexibility index (Phi) is 5.39. The molecule has 2 N–H and O–H groups in total. The summed E-state index contributed by atoms with van der Waals surface area (Å²) in [4.78, 5) is 22.4. The van der Waals surface area contributed by atoms with Crippen LogP contribution in [0.5, 0.6) is 5.75 Å². The van der Waals surface area contributed by atoms with Crippen molar-refractivity contribution in [1.29, 1.82) is 0 Å². The number of rotatable bonds is 6. The number of nitrogens with one attached hydrogen (secondary N) is 1. The molecular formula is C14H18ClNO4. The van der Waals surface area contributed by atoms with Crippen molar-refractivity contribution in [2.45, 2.75) is 32.7 Å². The molecule has 0 aromatic heterocycles. The number of hydrogen-bond acceptors (Lipinski definition) is 3. The van der Waals surface area contributed by atoms with E-state index in [0.29, 0.717) is 10.8 Å². The lowest BCUT2D eigenvalue weighted by atomic mass is 10.0. The maximum atomic E-state index is 11.7. The van der Waals surface area contributed by atoms with Gasteiger partial charge < -0.3 is 15.2 Å². The summed E-state index contributed by atoms with van der Waals surface area (Å²) in [6.07, 6.45) is -0.154. The van der Waals surface area contributed by atoms with Gasteiger partial charge in [-0.05, 0) is 44.5 Å². The summed E-state index contributed by atoms with van der Waals surface area (Å²) in [6, 6.07) is 5.10. The Morgan fingerprint density at radius 3 is 2.60 bits per heavy atom. The first-order chi connectivity index (χ1) is 9.19. The lowest BCUT2D eigenvalue weighted by Crippen LogP contribution is -2.46. The zero-order valence-electron chi connectivity index (χ0n) is 11.7. The molecule has 0 saturated heterocycles. The van der Waals surface area contributed by atoms with Gasteiger partial charge in [0.1, 0.15) is 5.75 Å². The first kappa shape index (κ1) is 16.3. The van der Waals surface area contributed by atoms with E-state index in [-0.39, 0.29) is 18.9 Å². The first-order valence-corrected chi connectivity index (χ1v) is 6.49. The van der Waals surface area contributed by atoms with Crippen LogP contribution in [0, 0.1) is 6.92 Å². The third kappa shape index (κ3) is 5.48. The van der Waals surface area contributed by atoms with Gasteiger partial charge in [-0.2, -0.15) is 0 Å². The number of carboxylic acids is 1. The van der Waals surface area contributed by atoms with Crippen LogP contribution in [0.25, 0.3) is 0 Å². The smallest absolute Gasteiger partial charge is 0.305 e. The molecule has 5 nitrogen and oxygen atoms in total. The average molecular weight is 300 g/mol. The fraction of sp³-hybridized carbons (Fsp3) is 0.429.